The van der Waals surface area contributed by atoms with Crippen LogP contribution in [-0.2, 0) is 26.2 Å². The second-order valence-corrected chi connectivity index (χ2v) is 10.1. The maximum absolute atomic E-state index is 13.5. The smallest absolute Gasteiger partial charge is 0.247 e. The van der Waals surface area contributed by atoms with E-state index in [1.54, 1.807) is 44.4 Å². The maximum atomic E-state index is 13.5. The van der Waals surface area contributed by atoms with E-state index in [0.29, 0.717) is 17.2 Å². The Morgan fingerprint density at radius 1 is 1.09 bits per heavy atom. The fourth-order valence-corrected chi connectivity index (χ4v) is 5.01. The van der Waals surface area contributed by atoms with E-state index in [1.165, 1.54) is 18.9 Å². The van der Waals surface area contributed by atoms with Crippen LogP contribution in [0.25, 0.3) is 0 Å². The summed E-state index contributed by atoms with van der Waals surface area (Å²) in [5.74, 6) is 0.0828. The molecule has 1 N–H and O–H groups in total. The summed E-state index contributed by atoms with van der Waals surface area (Å²) < 4.78 is 36.8. The zero-order chi connectivity index (χ0) is 24.2. The number of sulfonamides is 1. The highest BCUT2D eigenvalue weighted by Gasteiger charge is 2.50. The van der Waals surface area contributed by atoms with E-state index >= 15 is 0 Å². The summed E-state index contributed by atoms with van der Waals surface area (Å²) in [5.41, 5.74) is -0.244. The van der Waals surface area contributed by atoms with Gasteiger partial charge in [0, 0.05) is 24.3 Å². The maximum Gasteiger partial charge on any atom is 0.247 e. The van der Waals surface area contributed by atoms with Crippen molar-refractivity contribution >= 4 is 27.5 Å². The topological polar surface area (TPSA) is 105 Å². The van der Waals surface area contributed by atoms with Crippen LogP contribution in [0.4, 0.5) is 5.69 Å². The van der Waals surface area contributed by atoms with Gasteiger partial charge in [-0.15, -0.1) is 0 Å². The first-order valence-electron chi connectivity index (χ1n) is 10.5. The summed E-state index contributed by atoms with van der Waals surface area (Å²) in [4.78, 5) is 28.1. The molecule has 1 saturated heterocycles. The average Bonchev–Trinajstić information content (AvgIpc) is 2.82. The predicted octanol–water partition coefficient (Wildman–Crippen LogP) is 1.78. The SMILES string of the molecule is CCS(=O)(=O)N1CC(=O)N(c2ccc(OC)cc2)[C@](C)(C(=O)NCc2ccccc2OC)C1. The lowest BCUT2D eigenvalue weighted by Gasteiger charge is -2.46. The molecule has 1 fully saturated rings. The molecule has 0 unspecified atom stereocenters. The second-order valence-electron chi connectivity index (χ2n) is 7.86. The molecule has 1 aliphatic rings. The Bertz CT molecular complexity index is 1120. The summed E-state index contributed by atoms with van der Waals surface area (Å²) >= 11 is 0. The first-order valence-corrected chi connectivity index (χ1v) is 12.1. The Kier molecular flexibility index (Phi) is 7.28. The van der Waals surface area contributed by atoms with Crippen molar-refractivity contribution in [1.29, 1.82) is 0 Å². The standard InChI is InChI=1S/C23H29N3O6S/c1-5-33(29,30)25-15-21(27)26(18-10-12-19(31-3)13-11-18)23(2,16-25)22(28)24-14-17-8-6-7-9-20(17)32-4/h6-13H,5,14-16H2,1-4H3,(H,24,28)/t23-/m0/s1. The van der Waals surface area contributed by atoms with Gasteiger partial charge in [0.25, 0.3) is 0 Å². The summed E-state index contributed by atoms with van der Waals surface area (Å²) in [7, 11) is -0.613. The highest BCUT2D eigenvalue weighted by Crippen LogP contribution is 2.32. The predicted molar refractivity (Wildman–Crippen MR) is 125 cm³/mol. The molecule has 2 aromatic rings. The molecule has 2 aromatic carbocycles. The van der Waals surface area contributed by atoms with Gasteiger partial charge in [-0.25, -0.2) is 8.42 Å². The third-order valence-electron chi connectivity index (χ3n) is 5.75. The van der Waals surface area contributed by atoms with Gasteiger partial charge < -0.3 is 14.8 Å². The summed E-state index contributed by atoms with van der Waals surface area (Å²) in [6.07, 6.45) is 0. The van der Waals surface area contributed by atoms with Crippen LogP contribution in [0, 0.1) is 0 Å². The van der Waals surface area contributed by atoms with Gasteiger partial charge in [0.15, 0.2) is 0 Å². The van der Waals surface area contributed by atoms with Crippen molar-refractivity contribution in [2.75, 3.05) is 38.0 Å². The summed E-state index contributed by atoms with van der Waals surface area (Å²) in [6, 6.07) is 14.0. The van der Waals surface area contributed by atoms with Crippen LogP contribution in [0.2, 0.25) is 0 Å². The molecule has 0 aromatic heterocycles. The van der Waals surface area contributed by atoms with Crippen molar-refractivity contribution in [3.63, 3.8) is 0 Å². The van der Waals surface area contributed by atoms with E-state index in [9.17, 15) is 18.0 Å². The molecule has 3 rings (SSSR count). The number of para-hydroxylation sites is 1. The van der Waals surface area contributed by atoms with Gasteiger partial charge in [0.2, 0.25) is 21.8 Å². The Labute approximate surface area is 194 Å². The molecule has 0 spiro atoms. The van der Waals surface area contributed by atoms with Gasteiger partial charge >= 0.3 is 0 Å². The minimum atomic E-state index is -3.69. The molecule has 0 radical (unpaired) electrons. The molecule has 0 aliphatic carbocycles. The van der Waals surface area contributed by atoms with Crippen LogP contribution >= 0.6 is 0 Å². The number of carbonyl (C=O) groups excluding carboxylic acids is 2. The molecule has 1 aliphatic heterocycles. The summed E-state index contributed by atoms with van der Waals surface area (Å²) in [5, 5.41) is 2.86. The number of hydrogen-bond donors (Lipinski definition) is 1. The van der Waals surface area contributed by atoms with Crippen molar-refractivity contribution in [2.45, 2.75) is 25.9 Å². The molecule has 0 bridgehead atoms. The van der Waals surface area contributed by atoms with Crippen LogP contribution < -0.4 is 19.7 Å². The van der Waals surface area contributed by atoms with Gasteiger partial charge in [0.1, 0.15) is 17.0 Å². The van der Waals surface area contributed by atoms with Crippen LogP contribution in [0.3, 0.4) is 0 Å². The van der Waals surface area contributed by atoms with Crippen molar-refractivity contribution in [1.82, 2.24) is 9.62 Å². The number of nitrogens with zero attached hydrogens (tertiary/aromatic N) is 2. The van der Waals surface area contributed by atoms with Crippen molar-refractivity contribution in [3.05, 3.63) is 54.1 Å². The lowest BCUT2D eigenvalue weighted by atomic mass is 9.94. The average molecular weight is 476 g/mol. The molecule has 10 heteroatoms. The molecule has 0 saturated carbocycles. The number of nitrogens with one attached hydrogen (secondary N) is 1. The van der Waals surface area contributed by atoms with E-state index < -0.39 is 27.4 Å². The first-order chi connectivity index (χ1) is 15.7. The Morgan fingerprint density at radius 3 is 2.36 bits per heavy atom. The van der Waals surface area contributed by atoms with Crippen LogP contribution in [0.1, 0.15) is 19.4 Å². The van der Waals surface area contributed by atoms with Gasteiger partial charge in [-0.05, 0) is 44.2 Å². The molecular formula is C23H29N3O6S. The number of hydrogen-bond acceptors (Lipinski definition) is 6. The Hall–Kier alpha value is -3.11. The molecule has 2 amide bonds. The normalized spacial score (nSPS) is 19.3. The van der Waals surface area contributed by atoms with Crippen LogP contribution in [-0.4, -0.2) is 63.1 Å². The fourth-order valence-electron chi connectivity index (χ4n) is 3.89. The quantitative estimate of drug-likeness (QED) is 0.624. The molecule has 178 valence electrons. The zero-order valence-electron chi connectivity index (χ0n) is 19.2. The van der Waals surface area contributed by atoms with Crippen molar-refractivity contribution in [3.8, 4) is 11.5 Å². The number of amides is 2. The first kappa shape index (κ1) is 24.5. The third-order valence-corrected chi connectivity index (χ3v) is 7.52. The van der Waals surface area contributed by atoms with E-state index in [1.807, 2.05) is 18.2 Å². The summed E-state index contributed by atoms with van der Waals surface area (Å²) in [6.45, 7) is 2.73. The monoisotopic (exact) mass is 475 g/mol. The van der Waals surface area contributed by atoms with Crippen LogP contribution in [0.15, 0.2) is 48.5 Å². The van der Waals surface area contributed by atoms with E-state index in [0.717, 1.165) is 9.87 Å². The van der Waals surface area contributed by atoms with Crippen molar-refractivity contribution in [2.24, 2.45) is 0 Å². The van der Waals surface area contributed by atoms with Gasteiger partial charge in [-0.3, -0.25) is 14.5 Å². The van der Waals surface area contributed by atoms with Crippen LogP contribution in [0.5, 0.6) is 11.5 Å². The highest BCUT2D eigenvalue weighted by molar-refractivity contribution is 7.89. The number of carbonyl (C=O) groups is 2. The number of anilines is 1. The van der Waals surface area contributed by atoms with Gasteiger partial charge in [-0.1, -0.05) is 18.2 Å². The minimum Gasteiger partial charge on any atom is -0.497 e. The van der Waals surface area contributed by atoms with Gasteiger partial charge in [0.05, 0.1) is 26.5 Å². The van der Waals surface area contributed by atoms with E-state index in [2.05, 4.69) is 5.32 Å². The third kappa shape index (κ3) is 4.96. The fraction of sp³-hybridized carbons (Fsp3) is 0.391. The lowest BCUT2D eigenvalue weighted by Crippen LogP contribution is -2.70. The Morgan fingerprint density at radius 2 is 1.76 bits per heavy atom. The minimum absolute atomic E-state index is 0.156. The number of ether oxygens (including phenoxy) is 2. The largest absolute Gasteiger partial charge is 0.497 e. The van der Waals surface area contributed by atoms with Gasteiger partial charge in [-0.2, -0.15) is 4.31 Å². The molecule has 9 nitrogen and oxygen atoms in total. The molecular weight excluding hydrogens is 446 g/mol. The van der Waals surface area contributed by atoms with Crippen molar-refractivity contribution < 1.29 is 27.5 Å². The molecule has 1 heterocycles. The number of benzene rings is 2. The zero-order valence-corrected chi connectivity index (χ0v) is 20.0. The number of rotatable bonds is 8. The number of methoxy groups -OCH3 is 2. The highest BCUT2D eigenvalue weighted by atomic mass is 32.2. The lowest BCUT2D eigenvalue weighted by molar-refractivity contribution is -0.133. The van der Waals surface area contributed by atoms with E-state index in [4.69, 9.17) is 9.47 Å². The Balaban J connectivity index is 1.97. The molecule has 33 heavy (non-hydrogen) atoms. The number of piperazine rings is 1. The molecule has 1 atom stereocenters. The second kappa shape index (κ2) is 9.80. The van der Waals surface area contributed by atoms with E-state index in [-0.39, 0.29) is 25.4 Å².